The minimum atomic E-state index is 0.528. The number of pyridine rings is 1. The quantitative estimate of drug-likeness (QED) is 0.866. The highest BCUT2D eigenvalue weighted by atomic mass is 15.0. The highest BCUT2D eigenvalue weighted by Gasteiger charge is 2.34. The number of benzene rings is 1. The number of nitrogens with zero attached hydrogens (tertiary/aromatic N) is 1. The average Bonchev–Trinajstić information content (AvgIpc) is 2.38. The van der Waals surface area contributed by atoms with Gasteiger partial charge in [-0.05, 0) is 49.3 Å². The molecule has 1 heterocycles. The molecule has 1 fully saturated rings. The Hall–Kier alpha value is -1.57. The van der Waals surface area contributed by atoms with Gasteiger partial charge in [0.05, 0.1) is 5.52 Å². The molecular formula is C17H22N2. The zero-order chi connectivity index (χ0) is 13.3. The minimum absolute atomic E-state index is 0.528. The van der Waals surface area contributed by atoms with Crippen LogP contribution in [0.1, 0.15) is 38.2 Å². The van der Waals surface area contributed by atoms with Crippen LogP contribution in [0.2, 0.25) is 0 Å². The Morgan fingerprint density at radius 3 is 2.74 bits per heavy atom. The molecule has 0 radical (unpaired) electrons. The van der Waals surface area contributed by atoms with Crippen molar-refractivity contribution < 1.29 is 0 Å². The largest absolute Gasteiger partial charge is 0.369 e. The molecule has 3 rings (SSSR count). The van der Waals surface area contributed by atoms with Crippen molar-refractivity contribution in [1.82, 2.24) is 4.98 Å². The predicted molar refractivity (Wildman–Crippen MR) is 81.5 cm³/mol. The van der Waals surface area contributed by atoms with Gasteiger partial charge in [0.2, 0.25) is 0 Å². The van der Waals surface area contributed by atoms with Crippen LogP contribution in [0.25, 0.3) is 10.9 Å². The van der Waals surface area contributed by atoms with Crippen LogP contribution in [0, 0.1) is 12.3 Å². The molecule has 0 unspecified atom stereocenters. The Labute approximate surface area is 115 Å². The molecule has 1 aliphatic carbocycles. The van der Waals surface area contributed by atoms with Crippen molar-refractivity contribution in [3.8, 4) is 0 Å². The smallest absolute Gasteiger partial charge is 0.129 e. The second kappa shape index (κ2) is 4.84. The Bertz CT molecular complexity index is 579. The summed E-state index contributed by atoms with van der Waals surface area (Å²) < 4.78 is 0. The predicted octanol–water partition coefficient (Wildman–Crippen LogP) is 4.54. The lowest BCUT2D eigenvalue weighted by Crippen LogP contribution is -2.36. The van der Waals surface area contributed by atoms with E-state index >= 15 is 0 Å². The van der Waals surface area contributed by atoms with Gasteiger partial charge in [0.1, 0.15) is 5.82 Å². The lowest BCUT2D eigenvalue weighted by molar-refractivity contribution is 0.145. The summed E-state index contributed by atoms with van der Waals surface area (Å²) in [5, 5.41) is 4.81. The van der Waals surface area contributed by atoms with Gasteiger partial charge in [0.15, 0.2) is 0 Å². The Morgan fingerprint density at radius 2 is 2.05 bits per heavy atom. The third kappa shape index (κ3) is 2.32. The van der Waals surface area contributed by atoms with E-state index in [0.717, 1.165) is 17.9 Å². The number of aryl methyl sites for hydroxylation is 1. The van der Waals surface area contributed by atoms with Gasteiger partial charge in [-0.2, -0.15) is 0 Å². The van der Waals surface area contributed by atoms with Gasteiger partial charge in [-0.25, -0.2) is 4.98 Å². The maximum absolute atomic E-state index is 4.76. The van der Waals surface area contributed by atoms with Crippen molar-refractivity contribution in [3.63, 3.8) is 0 Å². The highest BCUT2D eigenvalue weighted by Crippen LogP contribution is 2.43. The summed E-state index contributed by atoms with van der Waals surface area (Å²) in [6.45, 7) is 5.51. The molecule has 0 bridgehead atoms. The molecule has 2 aromatic rings. The number of anilines is 1. The first-order valence-corrected chi connectivity index (χ1v) is 7.33. The SMILES string of the molecule is CCC1(CNc2nc3ccccc3cc2C)CCC1. The number of para-hydroxylation sites is 1. The summed E-state index contributed by atoms with van der Waals surface area (Å²) in [5.74, 6) is 1.05. The van der Waals surface area contributed by atoms with Gasteiger partial charge < -0.3 is 5.32 Å². The third-order valence-corrected chi connectivity index (χ3v) is 4.71. The van der Waals surface area contributed by atoms with E-state index in [-0.39, 0.29) is 0 Å². The van der Waals surface area contributed by atoms with Gasteiger partial charge in [-0.15, -0.1) is 0 Å². The summed E-state index contributed by atoms with van der Waals surface area (Å²) in [6.07, 6.45) is 5.39. The zero-order valence-corrected chi connectivity index (χ0v) is 11.9. The topological polar surface area (TPSA) is 24.9 Å². The average molecular weight is 254 g/mol. The molecule has 100 valence electrons. The van der Waals surface area contributed by atoms with E-state index in [2.05, 4.69) is 43.4 Å². The van der Waals surface area contributed by atoms with E-state index < -0.39 is 0 Å². The molecule has 1 aliphatic rings. The van der Waals surface area contributed by atoms with Crippen LogP contribution in [-0.2, 0) is 0 Å². The number of aromatic nitrogens is 1. The minimum Gasteiger partial charge on any atom is -0.369 e. The molecule has 19 heavy (non-hydrogen) atoms. The fourth-order valence-corrected chi connectivity index (χ4v) is 3.00. The molecule has 2 heteroatoms. The molecule has 0 aliphatic heterocycles. The van der Waals surface area contributed by atoms with E-state index in [9.17, 15) is 0 Å². The van der Waals surface area contributed by atoms with E-state index in [0.29, 0.717) is 5.41 Å². The fourth-order valence-electron chi connectivity index (χ4n) is 3.00. The summed E-state index contributed by atoms with van der Waals surface area (Å²) in [5.41, 5.74) is 2.85. The van der Waals surface area contributed by atoms with Crippen LogP contribution in [0.4, 0.5) is 5.82 Å². The molecule has 0 amide bonds. The van der Waals surface area contributed by atoms with Crippen LogP contribution >= 0.6 is 0 Å². The van der Waals surface area contributed by atoms with Crippen molar-refractivity contribution in [2.45, 2.75) is 39.5 Å². The second-order valence-electron chi connectivity index (χ2n) is 5.91. The number of hydrogen-bond acceptors (Lipinski definition) is 2. The van der Waals surface area contributed by atoms with Crippen LogP contribution < -0.4 is 5.32 Å². The van der Waals surface area contributed by atoms with Crippen LogP contribution in [0.3, 0.4) is 0 Å². The highest BCUT2D eigenvalue weighted by molar-refractivity contribution is 5.81. The lowest BCUT2D eigenvalue weighted by Gasteiger charge is -2.41. The van der Waals surface area contributed by atoms with E-state index in [1.165, 1.54) is 36.6 Å². The van der Waals surface area contributed by atoms with Crippen molar-refractivity contribution >= 4 is 16.7 Å². The molecule has 0 spiro atoms. The van der Waals surface area contributed by atoms with Gasteiger partial charge in [0.25, 0.3) is 0 Å². The Balaban J connectivity index is 1.82. The van der Waals surface area contributed by atoms with Crippen LogP contribution in [-0.4, -0.2) is 11.5 Å². The standard InChI is InChI=1S/C17H22N2/c1-3-17(9-6-10-17)12-18-16-13(2)11-14-7-4-5-8-15(14)19-16/h4-5,7-8,11H,3,6,9-10,12H2,1-2H3,(H,18,19). The number of fused-ring (bicyclic) bond motifs is 1. The Kier molecular flexibility index (Phi) is 3.17. The number of rotatable bonds is 4. The molecule has 1 aromatic heterocycles. The van der Waals surface area contributed by atoms with Gasteiger partial charge >= 0.3 is 0 Å². The fraction of sp³-hybridized carbons (Fsp3) is 0.471. The van der Waals surface area contributed by atoms with Gasteiger partial charge in [-0.1, -0.05) is 31.5 Å². The summed E-state index contributed by atoms with van der Waals surface area (Å²) >= 11 is 0. The number of nitrogens with one attached hydrogen (secondary N) is 1. The molecule has 0 saturated heterocycles. The summed E-state index contributed by atoms with van der Waals surface area (Å²) in [6, 6.07) is 10.5. The van der Waals surface area contributed by atoms with Gasteiger partial charge in [-0.3, -0.25) is 0 Å². The molecule has 1 saturated carbocycles. The first-order valence-electron chi connectivity index (χ1n) is 7.33. The van der Waals surface area contributed by atoms with Crippen LogP contribution in [0.15, 0.2) is 30.3 Å². The van der Waals surface area contributed by atoms with E-state index in [4.69, 9.17) is 4.98 Å². The maximum atomic E-state index is 4.76. The first kappa shape index (κ1) is 12.5. The molecule has 1 aromatic carbocycles. The Morgan fingerprint density at radius 1 is 1.26 bits per heavy atom. The summed E-state index contributed by atoms with van der Waals surface area (Å²) in [7, 11) is 0. The maximum Gasteiger partial charge on any atom is 0.129 e. The molecular weight excluding hydrogens is 232 g/mol. The first-order chi connectivity index (χ1) is 9.22. The lowest BCUT2D eigenvalue weighted by atomic mass is 9.67. The van der Waals surface area contributed by atoms with Crippen molar-refractivity contribution in [3.05, 3.63) is 35.9 Å². The van der Waals surface area contributed by atoms with Crippen molar-refractivity contribution in [2.75, 3.05) is 11.9 Å². The molecule has 0 atom stereocenters. The van der Waals surface area contributed by atoms with Gasteiger partial charge in [0, 0.05) is 11.9 Å². The summed E-state index contributed by atoms with van der Waals surface area (Å²) in [4.78, 5) is 4.76. The van der Waals surface area contributed by atoms with E-state index in [1.54, 1.807) is 0 Å². The van der Waals surface area contributed by atoms with Crippen molar-refractivity contribution in [2.24, 2.45) is 5.41 Å². The zero-order valence-electron chi connectivity index (χ0n) is 11.9. The van der Waals surface area contributed by atoms with E-state index in [1.807, 2.05) is 6.07 Å². The molecule has 2 nitrogen and oxygen atoms in total. The normalized spacial score (nSPS) is 17.2. The van der Waals surface area contributed by atoms with Crippen molar-refractivity contribution in [1.29, 1.82) is 0 Å². The second-order valence-corrected chi connectivity index (χ2v) is 5.91. The third-order valence-electron chi connectivity index (χ3n) is 4.71. The van der Waals surface area contributed by atoms with Crippen LogP contribution in [0.5, 0.6) is 0 Å². The molecule has 1 N–H and O–H groups in total. The monoisotopic (exact) mass is 254 g/mol. The number of hydrogen-bond donors (Lipinski definition) is 1.